The Morgan fingerprint density at radius 3 is 2.74 bits per heavy atom. The van der Waals surface area contributed by atoms with Crippen molar-refractivity contribution in [3.05, 3.63) is 70.4 Å². The van der Waals surface area contributed by atoms with Crippen molar-refractivity contribution in [2.24, 2.45) is 0 Å². The number of anilines is 1. The molecule has 0 unspecified atom stereocenters. The molecule has 4 rings (SSSR count). The lowest BCUT2D eigenvalue weighted by atomic mass is 10.2. The predicted octanol–water partition coefficient (Wildman–Crippen LogP) is 2.89. The smallest absolute Gasteiger partial charge is 0.264 e. The van der Waals surface area contributed by atoms with E-state index in [4.69, 9.17) is 21.1 Å². The normalized spacial score (nSPS) is 10.8. The molecule has 0 bridgehead atoms. The lowest BCUT2D eigenvalue weighted by Gasteiger charge is -2.12. The number of carbonyl (C=O) groups is 1. The minimum absolute atomic E-state index is 0.223. The van der Waals surface area contributed by atoms with Gasteiger partial charge in [0, 0.05) is 11.1 Å². The highest BCUT2D eigenvalue weighted by atomic mass is 35.5. The first-order valence-corrected chi connectivity index (χ1v) is 9.59. The van der Waals surface area contributed by atoms with Crippen LogP contribution in [-0.4, -0.2) is 39.5 Å². The van der Waals surface area contributed by atoms with Crippen molar-refractivity contribution in [3.8, 4) is 17.2 Å². The van der Waals surface area contributed by atoms with Gasteiger partial charge in [0.2, 0.25) is 5.91 Å². The minimum Gasteiger partial charge on any atom is -0.497 e. The van der Waals surface area contributed by atoms with Gasteiger partial charge in [0.15, 0.2) is 5.65 Å². The first-order chi connectivity index (χ1) is 15.0. The van der Waals surface area contributed by atoms with Crippen molar-refractivity contribution >= 4 is 34.2 Å². The maximum atomic E-state index is 12.9. The van der Waals surface area contributed by atoms with Crippen LogP contribution in [0.4, 0.5) is 5.69 Å². The summed E-state index contributed by atoms with van der Waals surface area (Å²) in [6, 6.07) is 12.1. The van der Waals surface area contributed by atoms with Crippen molar-refractivity contribution in [2.45, 2.75) is 6.54 Å². The van der Waals surface area contributed by atoms with E-state index < -0.39 is 5.91 Å². The Kier molecular flexibility index (Phi) is 5.59. The summed E-state index contributed by atoms with van der Waals surface area (Å²) in [6.07, 6.45) is 2.74. The summed E-state index contributed by atoms with van der Waals surface area (Å²) in [4.78, 5) is 29.7. The van der Waals surface area contributed by atoms with E-state index in [2.05, 4.69) is 15.4 Å². The van der Waals surface area contributed by atoms with E-state index in [0.717, 1.165) is 0 Å². The molecule has 0 spiro atoms. The molecule has 2 aromatic carbocycles. The maximum absolute atomic E-state index is 12.9. The summed E-state index contributed by atoms with van der Waals surface area (Å²) < 4.78 is 13.2. The number of carbonyl (C=O) groups excluding carboxylic acids is 1. The third-order valence-corrected chi connectivity index (χ3v) is 4.84. The Hall–Kier alpha value is -3.85. The van der Waals surface area contributed by atoms with Gasteiger partial charge in [0.25, 0.3) is 5.56 Å². The van der Waals surface area contributed by atoms with Gasteiger partial charge in [-0.15, -0.1) is 0 Å². The van der Waals surface area contributed by atoms with Gasteiger partial charge in [-0.1, -0.05) is 17.7 Å². The number of rotatable bonds is 6. The molecule has 158 valence electrons. The average molecular weight is 440 g/mol. The molecule has 0 saturated heterocycles. The van der Waals surface area contributed by atoms with E-state index in [1.165, 1.54) is 36.0 Å². The summed E-state index contributed by atoms with van der Waals surface area (Å²) in [6.45, 7) is -0.223. The molecule has 1 N–H and O–H groups in total. The molecule has 9 nitrogen and oxygen atoms in total. The number of amides is 1. The zero-order valence-electron chi connectivity index (χ0n) is 16.7. The van der Waals surface area contributed by atoms with Crippen LogP contribution < -0.4 is 20.3 Å². The first kappa shape index (κ1) is 20.4. The van der Waals surface area contributed by atoms with Gasteiger partial charge in [0.1, 0.15) is 29.8 Å². The van der Waals surface area contributed by atoms with Crippen molar-refractivity contribution in [3.63, 3.8) is 0 Å². The first-order valence-electron chi connectivity index (χ1n) is 9.21. The second-order valence-electron chi connectivity index (χ2n) is 6.57. The predicted molar refractivity (Wildman–Crippen MR) is 116 cm³/mol. The van der Waals surface area contributed by atoms with E-state index in [0.29, 0.717) is 33.5 Å². The van der Waals surface area contributed by atoms with E-state index in [-0.39, 0.29) is 17.5 Å². The molecule has 4 aromatic rings. The SMILES string of the molecule is COc1ccc(NC(=O)Cn2cnc3c(cnn3-c3cccc(Cl)c3)c2=O)c(OC)c1. The van der Waals surface area contributed by atoms with Gasteiger partial charge in [-0.2, -0.15) is 5.10 Å². The summed E-state index contributed by atoms with van der Waals surface area (Å²) in [5.41, 5.74) is 1.14. The maximum Gasteiger partial charge on any atom is 0.264 e. The van der Waals surface area contributed by atoms with Crippen LogP contribution in [0, 0.1) is 0 Å². The molecule has 0 fully saturated rings. The molecule has 10 heteroatoms. The Bertz CT molecular complexity index is 1330. The third-order valence-electron chi connectivity index (χ3n) is 4.60. The molecule has 2 heterocycles. The number of nitrogens with one attached hydrogen (secondary N) is 1. The molecule has 0 aliphatic rings. The number of aromatic nitrogens is 4. The molecule has 31 heavy (non-hydrogen) atoms. The molecular weight excluding hydrogens is 422 g/mol. The minimum atomic E-state index is -0.408. The Morgan fingerprint density at radius 2 is 2.00 bits per heavy atom. The third kappa shape index (κ3) is 4.08. The summed E-state index contributed by atoms with van der Waals surface area (Å²) in [5, 5.41) is 7.81. The van der Waals surface area contributed by atoms with Crippen LogP contribution in [0.15, 0.2) is 59.8 Å². The van der Waals surface area contributed by atoms with Gasteiger partial charge in [0.05, 0.1) is 31.8 Å². The highest BCUT2D eigenvalue weighted by Gasteiger charge is 2.15. The fourth-order valence-corrected chi connectivity index (χ4v) is 3.29. The second-order valence-corrected chi connectivity index (χ2v) is 7.00. The van der Waals surface area contributed by atoms with Crippen LogP contribution in [0.3, 0.4) is 0 Å². The van der Waals surface area contributed by atoms with E-state index in [1.54, 1.807) is 42.5 Å². The monoisotopic (exact) mass is 439 g/mol. The lowest BCUT2D eigenvalue weighted by molar-refractivity contribution is -0.116. The highest BCUT2D eigenvalue weighted by Crippen LogP contribution is 2.29. The number of methoxy groups -OCH3 is 2. The highest BCUT2D eigenvalue weighted by molar-refractivity contribution is 6.30. The standard InChI is InChI=1S/C21H18ClN5O4/c1-30-15-6-7-17(18(9-15)31-2)25-19(28)11-26-12-23-20-16(21(26)29)10-24-27(20)14-5-3-4-13(22)8-14/h3-10,12H,11H2,1-2H3,(H,25,28). The molecule has 1 amide bonds. The van der Waals surface area contributed by atoms with Crippen molar-refractivity contribution < 1.29 is 14.3 Å². The summed E-state index contributed by atoms with van der Waals surface area (Å²) >= 11 is 6.04. The van der Waals surface area contributed by atoms with E-state index in [1.807, 2.05) is 0 Å². The molecule has 0 aliphatic carbocycles. The average Bonchev–Trinajstić information content (AvgIpc) is 3.21. The molecule has 0 atom stereocenters. The molecule has 0 saturated carbocycles. The van der Waals surface area contributed by atoms with Gasteiger partial charge in [-0.3, -0.25) is 14.2 Å². The van der Waals surface area contributed by atoms with Crippen LogP contribution >= 0.6 is 11.6 Å². The zero-order chi connectivity index (χ0) is 22.0. The number of fused-ring (bicyclic) bond motifs is 1. The van der Waals surface area contributed by atoms with Crippen LogP contribution in [0.5, 0.6) is 11.5 Å². The van der Waals surface area contributed by atoms with Crippen LogP contribution in [-0.2, 0) is 11.3 Å². The van der Waals surface area contributed by atoms with Crippen LogP contribution in [0.25, 0.3) is 16.7 Å². The Labute approximate surface area is 181 Å². The van der Waals surface area contributed by atoms with Gasteiger partial charge in [-0.05, 0) is 30.3 Å². The van der Waals surface area contributed by atoms with Gasteiger partial charge < -0.3 is 14.8 Å². The fourth-order valence-electron chi connectivity index (χ4n) is 3.10. The summed E-state index contributed by atoms with van der Waals surface area (Å²) in [5.74, 6) is 0.628. The second kappa shape index (κ2) is 8.49. The number of ether oxygens (including phenoxy) is 2. The Morgan fingerprint density at radius 1 is 1.16 bits per heavy atom. The molecule has 2 aromatic heterocycles. The van der Waals surface area contributed by atoms with Gasteiger partial charge in [-0.25, -0.2) is 9.67 Å². The number of halogens is 1. The van der Waals surface area contributed by atoms with E-state index >= 15 is 0 Å². The molecule has 0 radical (unpaired) electrons. The molecule has 0 aliphatic heterocycles. The largest absolute Gasteiger partial charge is 0.497 e. The molecular formula is C21H18ClN5O4. The summed E-state index contributed by atoms with van der Waals surface area (Å²) in [7, 11) is 3.03. The van der Waals surface area contributed by atoms with Crippen LogP contribution in [0.2, 0.25) is 5.02 Å². The van der Waals surface area contributed by atoms with Crippen molar-refractivity contribution in [1.82, 2.24) is 19.3 Å². The topological polar surface area (TPSA) is 100 Å². The van der Waals surface area contributed by atoms with Crippen LogP contribution in [0.1, 0.15) is 0 Å². The lowest BCUT2D eigenvalue weighted by Crippen LogP contribution is -2.28. The zero-order valence-corrected chi connectivity index (χ0v) is 17.5. The number of hydrogen-bond donors (Lipinski definition) is 1. The number of nitrogens with zero attached hydrogens (tertiary/aromatic N) is 4. The van der Waals surface area contributed by atoms with E-state index in [9.17, 15) is 9.59 Å². The van der Waals surface area contributed by atoms with Gasteiger partial charge >= 0.3 is 0 Å². The quantitative estimate of drug-likeness (QED) is 0.496. The fraction of sp³-hybridized carbons (Fsp3) is 0.143. The Balaban J connectivity index is 1.59. The number of hydrogen-bond acceptors (Lipinski definition) is 6. The van der Waals surface area contributed by atoms with Crippen molar-refractivity contribution in [2.75, 3.05) is 19.5 Å². The number of benzene rings is 2. The van der Waals surface area contributed by atoms with Crippen molar-refractivity contribution in [1.29, 1.82) is 0 Å².